The quantitative estimate of drug-likeness (QED) is 0.504. The first-order valence-electron chi connectivity index (χ1n) is 5.31. The van der Waals surface area contributed by atoms with Gasteiger partial charge < -0.3 is 0 Å². The molecule has 1 nitrogen and oxygen atoms in total. The summed E-state index contributed by atoms with van der Waals surface area (Å²) in [5.74, 6) is 1.80. The van der Waals surface area contributed by atoms with Crippen molar-refractivity contribution >= 4 is 0 Å². The van der Waals surface area contributed by atoms with Crippen molar-refractivity contribution in [3.05, 3.63) is 0 Å². The summed E-state index contributed by atoms with van der Waals surface area (Å²) in [5.41, 5.74) is 0. The molecule has 0 aromatic rings. The van der Waals surface area contributed by atoms with E-state index in [0.717, 1.165) is 26.7 Å². The summed E-state index contributed by atoms with van der Waals surface area (Å²) in [5, 5.41) is 0. The first-order chi connectivity index (χ1) is 5.84. The van der Waals surface area contributed by atoms with Gasteiger partial charge >= 0.3 is 94.3 Å². The van der Waals surface area contributed by atoms with Gasteiger partial charge in [0.2, 0.25) is 0 Å². The molecule has 1 saturated carbocycles. The second-order valence-electron chi connectivity index (χ2n) is 5.56. The summed E-state index contributed by atoms with van der Waals surface area (Å²) >= 11 is 2.35. The van der Waals surface area contributed by atoms with Gasteiger partial charge in [0.1, 0.15) is 0 Å². The van der Waals surface area contributed by atoms with Crippen LogP contribution in [0, 0.1) is 11.8 Å². The van der Waals surface area contributed by atoms with Crippen LogP contribution in [0.2, 0.25) is 4.31 Å². The Balaban J connectivity index is 2.78. The van der Waals surface area contributed by atoms with Crippen molar-refractivity contribution < 1.29 is 24.3 Å². The van der Waals surface area contributed by atoms with Gasteiger partial charge in [-0.05, 0) is 0 Å². The Bertz CT molecular complexity index is 173. The third kappa shape index (κ3) is 2.56. The predicted octanol–water partition coefficient (Wildman–Crippen LogP) is 2.46. The maximum atomic E-state index is 2.44. The zero-order valence-corrected chi connectivity index (χ0v) is 11.6. The minimum atomic E-state index is 0.855. The Kier molecular flexibility index (Phi) is 3.63. The van der Waals surface area contributed by atoms with Gasteiger partial charge in [0.25, 0.3) is 0 Å². The molecule has 77 valence electrons. The molecule has 0 amide bonds. The molecule has 13 heavy (non-hydrogen) atoms. The molecule has 3 unspecified atom stereocenters. The molecular formula is C11H23MoN+. The SMILES string of the molecule is CC1CC[CH]([Mo])C([N+](C)(C)C)[C@@H]1C. The average molecular weight is 265 g/mol. The van der Waals surface area contributed by atoms with Crippen LogP contribution < -0.4 is 0 Å². The fourth-order valence-electron chi connectivity index (χ4n) is 2.74. The molecule has 2 heteroatoms. The van der Waals surface area contributed by atoms with Gasteiger partial charge in [0.15, 0.2) is 0 Å². The van der Waals surface area contributed by atoms with E-state index in [9.17, 15) is 0 Å². The molecule has 0 aromatic heterocycles. The van der Waals surface area contributed by atoms with Crippen molar-refractivity contribution in [2.24, 2.45) is 11.8 Å². The molecule has 1 fully saturated rings. The van der Waals surface area contributed by atoms with E-state index in [-0.39, 0.29) is 0 Å². The van der Waals surface area contributed by atoms with E-state index >= 15 is 0 Å². The van der Waals surface area contributed by atoms with Crippen molar-refractivity contribution in [1.29, 1.82) is 0 Å². The summed E-state index contributed by atoms with van der Waals surface area (Å²) in [4.78, 5) is 0. The zero-order valence-electron chi connectivity index (χ0n) is 9.58. The van der Waals surface area contributed by atoms with Crippen LogP contribution >= 0.6 is 0 Å². The molecule has 0 heterocycles. The number of quaternary nitrogens is 1. The number of nitrogens with zero attached hydrogens (tertiary/aromatic N) is 1. The summed E-state index contributed by atoms with van der Waals surface area (Å²) in [7, 11) is 7.03. The van der Waals surface area contributed by atoms with E-state index in [4.69, 9.17) is 0 Å². The van der Waals surface area contributed by atoms with Crippen molar-refractivity contribution in [2.45, 2.75) is 37.0 Å². The molecule has 0 aromatic carbocycles. The Morgan fingerprint density at radius 2 is 1.62 bits per heavy atom. The number of hydrogen-bond donors (Lipinski definition) is 0. The molecule has 0 radical (unpaired) electrons. The van der Waals surface area contributed by atoms with E-state index in [1.807, 2.05) is 0 Å². The van der Waals surface area contributed by atoms with Crippen molar-refractivity contribution in [3.8, 4) is 0 Å². The van der Waals surface area contributed by atoms with E-state index < -0.39 is 0 Å². The van der Waals surface area contributed by atoms with E-state index in [0.29, 0.717) is 0 Å². The summed E-state index contributed by atoms with van der Waals surface area (Å²) in [6.45, 7) is 4.86. The Morgan fingerprint density at radius 1 is 1.08 bits per heavy atom. The maximum absolute atomic E-state index is 2.44. The Labute approximate surface area is 94.4 Å². The van der Waals surface area contributed by atoms with Crippen LogP contribution in [0.4, 0.5) is 0 Å². The Hall–Kier alpha value is 0.648. The summed E-state index contributed by atoms with van der Waals surface area (Å²) < 4.78 is 2.04. The molecular weight excluding hydrogens is 242 g/mol. The normalized spacial score (nSPS) is 41.9. The first kappa shape index (κ1) is 11.7. The zero-order chi connectivity index (χ0) is 10.2. The van der Waals surface area contributed by atoms with Crippen molar-refractivity contribution in [2.75, 3.05) is 21.1 Å². The predicted molar refractivity (Wildman–Crippen MR) is 53.1 cm³/mol. The standard InChI is InChI=1S/C11H23N.Mo/c1-9-7-6-8-11(10(9)2)12(3,4)5;/h8-11H,6-7H2,1-5H3;/q+1;/t9?,10-,11?;/m1./s1. The molecule has 0 saturated heterocycles. The van der Waals surface area contributed by atoms with Gasteiger partial charge in [-0.1, -0.05) is 0 Å². The number of rotatable bonds is 1. The van der Waals surface area contributed by atoms with Gasteiger partial charge in [-0.3, -0.25) is 0 Å². The molecule has 0 spiro atoms. The van der Waals surface area contributed by atoms with Crippen LogP contribution in [0.3, 0.4) is 0 Å². The van der Waals surface area contributed by atoms with Crippen LogP contribution in [-0.2, 0) is 19.8 Å². The average Bonchev–Trinajstić information content (AvgIpc) is 1.95. The molecule has 0 N–H and O–H groups in total. The second-order valence-corrected chi connectivity index (χ2v) is 7.05. The fourth-order valence-corrected chi connectivity index (χ4v) is 4.58. The summed E-state index contributed by atoms with van der Waals surface area (Å²) in [6.07, 6.45) is 2.86. The molecule has 1 aliphatic rings. The number of hydrogen-bond acceptors (Lipinski definition) is 0. The van der Waals surface area contributed by atoms with E-state index in [2.05, 4.69) is 54.8 Å². The van der Waals surface area contributed by atoms with Crippen LogP contribution in [0.5, 0.6) is 0 Å². The van der Waals surface area contributed by atoms with Gasteiger partial charge in [-0.2, -0.15) is 0 Å². The fraction of sp³-hybridized carbons (Fsp3) is 1.00. The monoisotopic (exact) mass is 267 g/mol. The van der Waals surface area contributed by atoms with E-state index in [1.54, 1.807) is 0 Å². The van der Waals surface area contributed by atoms with Crippen LogP contribution in [0.25, 0.3) is 0 Å². The third-order valence-corrected chi connectivity index (χ3v) is 4.88. The van der Waals surface area contributed by atoms with Crippen LogP contribution in [0.1, 0.15) is 26.7 Å². The Morgan fingerprint density at radius 3 is 2.00 bits per heavy atom. The molecule has 0 bridgehead atoms. The van der Waals surface area contributed by atoms with Crippen LogP contribution in [-0.4, -0.2) is 31.7 Å². The third-order valence-electron chi connectivity index (χ3n) is 3.62. The summed E-state index contributed by atoms with van der Waals surface area (Å²) in [6, 6.07) is 0.855. The van der Waals surface area contributed by atoms with Gasteiger partial charge in [-0.15, -0.1) is 0 Å². The first-order valence-corrected chi connectivity index (χ1v) is 6.47. The second kappa shape index (κ2) is 4.03. The molecule has 1 aliphatic carbocycles. The molecule has 1 rings (SSSR count). The van der Waals surface area contributed by atoms with Crippen molar-refractivity contribution in [3.63, 3.8) is 0 Å². The van der Waals surface area contributed by atoms with Gasteiger partial charge in [0.05, 0.1) is 0 Å². The van der Waals surface area contributed by atoms with Gasteiger partial charge in [0, 0.05) is 0 Å². The minimum absolute atomic E-state index is 0.855. The molecule has 0 aliphatic heterocycles. The van der Waals surface area contributed by atoms with Gasteiger partial charge in [-0.25, -0.2) is 0 Å². The van der Waals surface area contributed by atoms with Crippen molar-refractivity contribution in [1.82, 2.24) is 0 Å². The van der Waals surface area contributed by atoms with Crippen LogP contribution in [0.15, 0.2) is 0 Å². The topological polar surface area (TPSA) is 0 Å². The molecule has 4 atom stereocenters. The van der Waals surface area contributed by atoms with E-state index in [1.165, 1.54) is 12.8 Å².